The molecule has 1 atom stereocenters. The average Bonchev–Trinajstić information content (AvgIpc) is 3.59. The van der Waals surface area contributed by atoms with Crippen molar-refractivity contribution in [3.05, 3.63) is 110 Å². The number of carbonyl (C=O) groups excluding carboxylic acids is 1. The van der Waals surface area contributed by atoms with Crippen molar-refractivity contribution in [2.75, 3.05) is 11.9 Å². The van der Waals surface area contributed by atoms with Gasteiger partial charge in [-0.05, 0) is 42.5 Å². The number of rotatable bonds is 8. The summed E-state index contributed by atoms with van der Waals surface area (Å²) >= 11 is 7.53. The van der Waals surface area contributed by atoms with Gasteiger partial charge in [0.2, 0.25) is 5.78 Å². The van der Waals surface area contributed by atoms with Gasteiger partial charge in [-0.3, -0.25) is 9.59 Å². The third-order valence-corrected chi connectivity index (χ3v) is 7.23. The molecular weight excluding hydrogens is 540 g/mol. The number of aromatic nitrogens is 5. The Kier molecular flexibility index (Phi) is 6.82. The summed E-state index contributed by atoms with van der Waals surface area (Å²) in [6, 6.07) is 17.6. The highest BCUT2D eigenvalue weighted by molar-refractivity contribution is 7.16. The maximum absolute atomic E-state index is 13.5. The van der Waals surface area contributed by atoms with Crippen molar-refractivity contribution in [2.24, 2.45) is 0 Å². The first-order valence-electron chi connectivity index (χ1n) is 12.0. The Labute approximate surface area is 231 Å². The maximum Gasteiger partial charge on any atom is 0.276 e. The third kappa shape index (κ3) is 5.27. The van der Waals surface area contributed by atoms with Crippen LogP contribution in [0.15, 0.2) is 84.0 Å². The number of fused-ring (bicyclic) bond motifs is 1. The largest absolute Gasteiger partial charge is 0.485 e. The number of ether oxygens (including phenoxy) is 2. The molecule has 0 amide bonds. The van der Waals surface area contributed by atoms with Crippen LogP contribution in [-0.2, 0) is 13.1 Å². The highest BCUT2D eigenvalue weighted by Crippen LogP contribution is 2.32. The zero-order chi connectivity index (χ0) is 26.8. The van der Waals surface area contributed by atoms with Crippen LogP contribution in [0.25, 0.3) is 5.69 Å². The Morgan fingerprint density at radius 3 is 2.69 bits per heavy atom. The van der Waals surface area contributed by atoms with Gasteiger partial charge in [-0.1, -0.05) is 23.7 Å². The second-order valence-electron chi connectivity index (χ2n) is 8.61. The maximum atomic E-state index is 13.5. The topological polar surface area (TPSA) is 113 Å². The van der Waals surface area contributed by atoms with E-state index in [0.29, 0.717) is 34.0 Å². The fraction of sp³-hybridized carbons (Fsp3) is 0.148. The Morgan fingerprint density at radius 2 is 1.90 bits per heavy atom. The summed E-state index contributed by atoms with van der Waals surface area (Å²) in [5.74, 6) is 1.67. The average molecular weight is 561 g/mol. The van der Waals surface area contributed by atoms with Gasteiger partial charge in [0.1, 0.15) is 29.6 Å². The van der Waals surface area contributed by atoms with E-state index in [4.69, 9.17) is 21.1 Å². The lowest BCUT2D eigenvalue weighted by Gasteiger charge is -2.24. The highest BCUT2D eigenvalue weighted by Gasteiger charge is 2.31. The Bertz CT molecular complexity index is 1700. The summed E-state index contributed by atoms with van der Waals surface area (Å²) in [5.41, 5.74) is 0.0710. The van der Waals surface area contributed by atoms with E-state index in [1.807, 2.05) is 24.3 Å². The number of benzene rings is 1. The molecule has 12 heteroatoms. The number of anilines is 1. The molecule has 1 aromatic carbocycles. The molecule has 6 rings (SSSR count). The van der Waals surface area contributed by atoms with E-state index in [1.54, 1.807) is 55.0 Å². The fourth-order valence-corrected chi connectivity index (χ4v) is 5.15. The first-order chi connectivity index (χ1) is 19.0. The number of Topliss-reactive ketones (excluding diaryl/α,β-unsaturated/α-hetero) is 1. The first kappa shape index (κ1) is 24.8. The minimum atomic E-state index is -0.880. The lowest BCUT2D eigenvalue weighted by Crippen LogP contribution is -2.36. The standard InChI is InChI=1S/C27H21ClN6O4S/c28-23-9-8-17(39-23)14-31-25-13-18(26(35)22-16-37-20-6-1-2-7-21(20)38-22)32-34(25)19-5-3-12-33(27(19)36)15-24-29-10-4-11-30-24/h1-13,22,31H,14-16H2. The van der Waals surface area contributed by atoms with Crippen LogP contribution < -0.4 is 20.3 Å². The number of para-hydroxylation sites is 2. The molecule has 196 valence electrons. The van der Waals surface area contributed by atoms with Crippen molar-refractivity contribution >= 4 is 34.5 Å². The van der Waals surface area contributed by atoms with Crippen LogP contribution in [0.3, 0.4) is 0 Å². The molecule has 1 aliphatic rings. The van der Waals surface area contributed by atoms with Crippen LogP contribution in [0.5, 0.6) is 11.5 Å². The van der Waals surface area contributed by atoms with Gasteiger partial charge >= 0.3 is 0 Å². The van der Waals surface area contributed by atoms with E-state index in [9.17, 15) is 9.59 Å². The normalized spacial score (nSPS) is 14.2. The van der Waals surface area contributed by atoms with E-state index in [-0.39, 0.29) is 35.9 Å². The summed E-state index contributed by atoms with van der Waals surface area (Å²) in [5, 5.41) is 7.83. The zero-order valence-electron chi connectivity index (χ0n) is 20.4. The number of pyridine rings is 1. The van der Waals surface area contributed by atoms with Gasteiger partial charge in [-0.15, -0.1) is 11.3 Å². The van der Waals surface area contributed by atoms with Crippen LogP contribution in [0.2, 0.25) is 4.34 Å². The molecule has 0 aliphatic carbocycles. The molecule has 39 heavy (non-hydrogen) atoms. The Balaban J connectivity index is 1.34. The van der Waals surface area contributed by atoms with E-state index in [2.05, 4.69) is 20.4 Å². The Morgan fingerprint density at radius 1 is 1.08 bits per heavy atom. The molecule has 1 N–H and O–H groups in total. The minimum Gasteiger partial charge on any atom is -0.485 e. The second kappa shape index (κ2) is 10.7. The number of halogens is 1. The molecule has 5 heterocycles. The first-order valence-corrected chi connectivity index (χ1v) is 13.2. The van der Waals surface area contributed by atoms with Gasteiger partial charge in [0, 0.05) is 29.5 Å². The molecule has 0 saturated carbocycles. The number of hydrogen-bond donors (Lipinski definition) is 1. The van der Waals surface area contributed by atoms with Gasteiger partial charge in [0.25, 0.3) is 5.56 Å². The van der Waals surface area contributed by atoms with Gasteiger partial charge in [-0.25, -0.2) is 14.6 Å². The van der Waals surface area contributed by atoms with E-state index < -0.39 is 6.10 Å². The summed E-state index contributed by atoms with van der Waals surface area (Å²) < 4.78 is 15.2. The van der Waals surface area contributed by atoms with Crippen molar-refractivity contribution in [3.8, 4) is 17.2 Å². The van der Waals surface area contributed by atoms with Gasteiger partial charge in [0.15, 0.2) is 17.6 Å². The third-order valence-electron chi connectivity index (χ3n) is 5.99. The van der Waals surface area contributed by atoms with Crippen LogP contribution in [0.1, 0.15) is 21.2 Å². The summed E-state index contributed by atoms with van der Waals surface area (Å²) in [4.78, 5) is 36.3. The molecule has 0 fully saturated rings. The van der Waals surface area contributed by atoms with Gasteiger partial charge in [0.05, 0.1) is 17.4 Å². The summed E-state index contributed by atoms with van der Waals surface area (Å²) in [6.45, 7) is 0.657. The molecule has 10 nitrogen and oxygen atoms in total. The number of thiophene rings is 1. The van der Waals surface area contributed by atoms with Crippen molar-refractivity contribution in [3.63, 3.8) is 0 Å². The minimum absolute atomic E-state index is 0.0500. The number of carbonyl (C=O) groups is 1. The fourth-order valence-electron chi connectivity index (χ4n) is 4.12. The lowest BCUT2D eigenvalue weighted by atomic mass is 10.1. The molecule has 1 aliphatic heterocycles. The number of nitrogens with one attached hydrogen (secondary N) is 1. The smallest absolute Gasteiger partial charge is 0.276 e. The van der Waals surface area contributed by atoms with Crippen molar-refractivity contribution in [2.45, 2.75) is 19.2 Å². The van der Waals surface area contributed by atoms with Crippen LogP contribution >= 0.6 is 22.9 Å². The molecule has 1 unspecified atom stereocenters. The van der Waals surface area contributed by atoms with E-state index >= 15 is 0 Å². The number of ketones is 1. The van der Waals surface area contributed by atoms with Gasteiger partial charge < -0.3 is 19.4 Å². The Hall–Kier alpha value is -4.48. The molecule has 0 spiro atoms. The highest BCUT2D eigenvalue weighted by atomic mass is 35.5. The number of nitrogens with zero attached hydrogens (tertiary/aromatic N) is 5. The van der Waals surface area contributed by atoms with Crippen LogP contribution in [-0.4, -0.2) is 42.8 Å². The van der Waals surface area contributed by atoms with Crippen molar-refractivity contribution in [1.82, 2.24) is 24.3 Å². The predicted octanol–water partition coefficient (Wildman–Crippen LogP) is 4.22. The second-order valence-corrected chi connectivity index (χ2v) is 10.4. The molecule has 4 aromatic heterocycles. The SMILES string of the molecule is O=C(c1cc(NCc2ccc(Cl)s2)n(-c2cccn(Cc3ncccn3)c2=O)n1)C1COc2ccccc2O1. The lowest BCUT2D eigenvalue weighted by molar-refractivity contribution is 0.0580. The quantitative estimate of drug-likeness (QED) is 0.281. The van der Waals surface area contributed by atoms with Crippen LogP contribution in [0, 0.1) is 0 Å². The van der Waals surface area contributed by atoms with E-state index in [1.165, 1.54) is 20.6 Å². The van der Waals surface area contributed by atoms with Crippen molar-refractivity contribution < 1.29 is 14.3 Å². The summed E-state index contributed by atoms with van der Waals surface area (Å²) in [6.07, 6.45) is 4.02. The zero-order valence-corrected chi connectivity index (χ0v) is 21.9. The number of hydrogen-bond acceptors (Lipinski definition) is 9. The van der Waals surface area contributed by atoms with E-state index in [0.717, 1.165) is 4.88 Å². The predicted molar refractivity (Wildman–Crippen MR) is 146 cm³/mol. The molecular formula is C27H21ClN6O4S. The molecule has 0 radical (unpaired) electrons. The van der Waals surface area contributed by atoms with Gasteiger partial charge in [-0.2, -0.15) is 5.10 Å². The molecule has 0 saturated heterocycles. The summed E-state index contributed by atoms with van der Waals surface area (Å²) in [7, 11) is 0. The monoisotopic (exact) mass is 560 g/mol. The van der Waals surface area contributed by atoms with Crippen molar-refractivity contribution in [1.29, 1.82) is 0 Å². The molecule has 0 bridgehead atoms. The van der Waals surface area contributed by atoms with Crippen LogP contribution in [0.4, 0.5) is 5.82 Å². The molecule has 5 aromatic rings.